The molecule has 2 rings (SSSR count). The van der Waals surface area contributed by atoms with Crippen LogP contribution in [0.2, 0.25) is 0 Å². The molecule has 0 aliphatic heterocycles. The molecule has 1 N–H and O–H groups in total. The summed E-state index contributed by atoms with van der Waals surface area (Å²) in [5, 5.41) is 3.13. The zero-order chi connectivity index (χ0) is 15.4. The van der Waals surface area contributed by atoms with Crippen molar-refractivity contribution in [1.82, 2.24) is 5.32 Å². The summed E-state index contributed by atoms with van der Waals surface area (Å²) in [6.07, 6.45) is 0.826. The number of hydrogen-bond donors (Lipinski definition) is 1. The van der Waals surface area contributed by atoms with Gasteiger partial charge in [-0.25, -0.2) is 13.2 Å². The Hall–Kier alpha value is -1.81. The van der Waals surface area contributed by atoms with Gasteiger partial charge in [0.2, 0.25) is 0 Å². The smallest absolute Gasteiger partial charge is 0.134 e. The second-order valence-corrected chi connectivity index (χ2v) is 5.08. The molecule has 21 heavy (non-hydrogen) atoms. The van der Waals surface area contributed by atoms with Gasteiger partial charge in [-0.1, -0.05) is 36.8 Å². The third-order valence-electron chi connectivity index (χ3n) is 3.31. The van der Waals surface area contributed by atoms with E-state index in [1.807, 2.05) is 38.1 Å². The van der Waals surface area contributed by atoms with E-state index in [0.717, 1.165) is 29.7 Å². The summed E-state index contributed by atoms with van der Waals surface area (Å²) in [7, 11) is 0. The van der Waals surface area contributed by atoms with Gasteiger partial charge in [0.25, 0.3) is 0 Å². The lowest BCUT2D eigenvalue weighted by molar-refractivity contribution is 0.486. The Morgan fingerprint density at radius 2 is 1.71 bits per heavy atom. The van der Waals surface area contributed by atoms with E-state index in [2.05, 4.69) is 5.32 Å². The predicted octanol–water partition coefficient (Wildman–Crippen LogP) is 4.50. The summed E-state index contributed by atoms with van der Waals surface area (Å²) in [6.45, 7) is 4.49. The first kappa shape index (κ1) is 15.6. The van der Waals surface area contributed by atoms with Crippen molar-refractivity contribution in [2.45, 2.75) is 26.3 Å². The molecule has 2 aromatic carbocycles. The Kier molecular flexibility index (Phi) is 5.02. The van der Waals surface area contributed by atoms with Crippen LogP contribution < -0.4 is 5.32 Å². The van der Waals surface area contributed by atoms with Crippen LogP contribution in [0.5, 0.6) is 0 Å². The number of rotatable bonds is 5. The minimum atomic E-state index is -0.910. The molecule has 0 bridgehead atoms. The molecule has 0 heterocycles. The molecular formula is C17H18F3N. The maximum Gasteiger partial charge on any atom is 0.134 e. The third-order valence-corrected chi connectivity index (χ3v) is 3.31. The highest BCUT2D eigenvalue weighted by molar-refractivity contribution is 5.35. The molecular weight excluding hydrogens is 275 g/mol. The van der Waals surface area contributed by atoms with Gasteiger partial charge in [0.1, 0.15) is 17.5 Å². The Labute approximate surface area is 122 Å². The number of halogens is 3. The van der Waals surface area contributed by atoms with Crippen LogP contribution in [0.1, 0.15) is 36.1 Å². The van der Waals surface area contributed by atoms with Gasteiger partial charge >= 0.3 is 0 Å². The minimum Gasteiger partial charge on any atom is -0.306 e. The van der Waals surface area contributed by atoms with E-state index in [1.165, 1.54) is 0 Å². The molecule has 0 aromatic heterocycles. The first-order chi connectivity index (χ1) is 10.0. The Morgan fingerprint density at radius 3 is 2.29 bits per heavy atom. The molecule has 0 radical (unpaired) electrons. The Morgan fingerprint density at radius 1 is 1.05 bits per heavy atom. The zero-order valence-electron chi connectivity index (χ0n) is 12.1. The van der Waals surface area contributed by atoms with Crippen LogP contribution in [0.25, 0.3) is 0 Å². The number of nitrogens with one attached hydrogen (secondary N) is 1. The highest BCUT2D eigenvalue weighted by Crippen LogP contribution is 2.28. The predicted molar refractivity (Wildman–Crippen MR) is 77.6 cm³/mol. The van der Waals surface area contributed by atoms with E-state index in [4.69, 9.17) is 0 Å². The van der Waals surface area contributed by atoms with E-state index in [1.54, 1.807) is 0 Å². The fourth-order valence-electron chi connectivity index (χ4n) is 2.35. The average Bonchev–Trinajstić information content (AvgIpc) is 2.41. The zero-order valence-corrected chi connectivity index (χ0v) is 12.1. The van der Waals surface area contributed by atoms with Gasteiger partial charge < -0.3 is 5.32 Å². The van der Waals surface area contributed by atoms with E-state index >= 15 is 0 Å². The third kappa shape index (κ3) is 3.64. The Balaban J connectivity index is 2.50. The molecule has 0 saturated heterocycles. The molecule has 4 heteroatoms. The van der Waals surface area contributed by atoms with Crippen molar-refractivity contribution in [1.29, 1.82) is 0 Å². The molecule has 0 fully saturated rings. The van der Waals surface area contributed by atoms with Crippen LogP contribution in [0, 0.1) is 24.4 Å². The van der Waals surface area contributed by atoms with Crippen molar-refractivity contribution in [3.05, 3.63) is 70.5 Å². The maximum atomic E-state index is 14.1. The monoisotopic (exact) mass is 293 g/mol. The summed E-state index contributed by atoms with van der Waals surface area (Å²) in [6, 6.07) is 8.23. The molecule has 0 amide bonds. The van der Waals surface area contributed by atoms with E-state index in [-0.39, 0.29) is 5.56 Å². The standard InChI is InChI=1S/C17H18F3N/c1-3-7-21-17(12-6-4-5-11(2)8-12)16-14(19)9-13(18)10-15(16)20/h4-6,8-10,17,21H,3,7H2,1-2H3. The van der Waals surface area contributed by atoms with Crippen LogP contribution in [0.4, 0.5) is 13.2 Å². The second kappa shape index (κ2) is 6.76. The topological polar surface area (TPSA) is 12.0 Å². The highest BCUT2D eigenvalue weighted by atomic mass is 19.1. The largest absolute Gasteiger partial charge is 0.306 e. The van der Waals surface area contributed by atoms with Crippen LogP contribution >= 0.6 is 0 Å². The van der Waals surface area contributed by atoms with Crippen LogP contribution in [-0.2, 0) is 0 Å². The summed E-state index contributed by atoms with van der Waals surface area (Å²) in [4.78, 5) is 0. The first-order valence-electron chi connectivity index (χ1n) is 6.97. The number of aryl methyl sites for hydroxylation is 1. The van der Waals surface area contributed by atoms with Gasteiger partial charge in [0, 0.05) is 17.7 Å². The molecule has 0 spiro atoms. The number of benzene rings is 2. The van der Waals surface area contributed by atoms with Crippen molar-refractivity contribution in [2.75, 3.05) is 6.54 Å². The van der Waals surface area contributed by atoms with Crippen molar-refractivity contribution >= 4 is 0 Å². The lowest BCUT2D eigenvalue weighted by atomic mass is 9.96. The fraction of sp³-hybridized carbons (Fsp3) is 0.294. The van der Waals surface area contributed by atoms with Crippen LogP contribution in [0.3, 0.4) is 0 Å². The van der Waals surface area contributed by atoms with Crippen molar-refractivity contribution in [3.63, 3.8) is 0 Å². The van der Waals surface area contributed by atoms with Gasteiger partial charge in [-0.2, -0.15) is 0 Å². The SMILES string of the molecule is CCCNC(c1cccc(C)c1)c1c(F)cc(F)cc1F. The lowest BCUT2D eigenvalue weighted by Gasteiger charge is -2.21. The molecule has 0 aliphatic rings. The summed E-state index contributed by atoms with van der Waals surface area (Å²) < 4.78 is 41.2. The summed E-state index contributed by atoms with van der Waals surface area (Å²) >= 11 is 0. The van der Waals surface area contributed by atoms with E-state index in [0.29, 0.717) is 6.54 Å². The second-order valence-electron chi connectivity index (χ2n) is 5.08. The molecule has 2 aromatic rings. The van der Waals surface area contributed by atoms with Gasteiger partial charge in [0.15, 0.2) is 0 Å². The molecule has 0 saturated carbocycles. The molecule has 0 aliphatic carbocycles. The normalized spacial score (nSPS) is 12.4. The van der Waals surface area contributed by atoms with E-state index < -0.39 is 23.5 Å². The van der Waals surface area contributed by atoms with Gasteiger partial charge in [0.05, 0.1) is 6.04 Å². The molecule has 1 unspecified atom stereocenters. The van der Waals surface area contributed by atoms with Crippen LogP contribution in [-0.4, -0.2) is 6.54 Å². The first-order valence-corrected chi connectivity index (χ1v) is 6.97. The van der Waals surface area contributed by atoms with Crippen LogP contribution in [0.15, 0.2) is 36.4 Å². The highest BCUT2D eigenvalue weighted by Gasteiger charge is 2.22. The van der Waals surface area contributed by atoms with Crippen molar-refractivity contribution in [2.24, 2.45) is 0 Å². The molecule has 1 nitrogen and oxygen atoms in total. The lowest BCUT2D eigenvalue weighted by Crippen LogP contribution is -2.25. The van der Waals surface area contributed by atoms with Gasteiger partial charge in [-0.05, 0) is 25.5 Å². The van der Waals surface area contributed by atoms with Crippen molar-refractivity contribution < 1.29 is 13.2 Å². The van der Waals surface area contributed by atoms with Gasteiger partial charge in [-0.15, -0.1) is 0 Å². The minimum absolute atomic E-state index is 0.143. The Bertz CT molecular complexity index is 602. The summed E-state index contributed by atoms with van der Waals surface area (Å²) in [5.74, 6) is -2.66. The maximum absolute atomic E-state index is 14.1. The molecule has 112 valence electrons. The fourth-order valence-corrected chi connectivity index (χ4v) is 2.35. The van der Waals surface area contributed by atoms with E-state index in [9.17, 15) is 13.2 Å². The average molecular weight is 293 g/mol. The summed E-state index contributed by atoms with van der Waals surface area (Å²) in [5.41, 5.74) is 1.61. The van der Waals surface area contributed by atoms with Crippen molar-refractivity contribution in [3.8, 4) is 0 Å². The number of hydrogen-bond acceptors (Lipinski definition) is 1. The quantitative estimate of drug-likeness (QED) is 0.855. The van der Waals surface area contributed by atoms with Gasteiger partial charge in [-0.3, -0.25) is 0 Å². The molecule has 1 atom stereocenters.